The average molecular weight is 529 g/mol. The summed E-state index contributed by atoms with van der Waals surface area (Å²) in [6, 6.07) is 21.8. The number of carbonyl (C=O) groups is 1. The second-order valence-electron chi connectivity index (χ2n) is 7.98. The van der Waals surface area contributed by atoms with Crippen molar-refractivity contribution in [1.29, 1.82) is 0 Å². The van der Waals surface area contributed by atoms with Gasteiger partial charge in [0.15, 0.2) is 11.0 Å². The monoisotopic (exact) mass is 528 g/mol. The summed E-state index contributed by atoms with van der Waals surface area (Å²) >= 11 is 1.22. The molecule has 10 nitrogen and oxygen atoms in total. The van der Waals surface area contributed by atoms with Crippen LogP contribution in [0.3, 0.4) is 0 Å². The normalized spacial score (nSPS) is 11.2. The molecule has 38 heavy (non-hydrogen) atoms. The number of rotatable bonds is 10. The number of hydrogen-bond donors (Lipinski definition) is 1. The zero-order chi connectivity index (χ0) is 26.9. The van der Waals surface area contributed by atoms with Gasteiger partial charge in [-0.3, -0.25) is 19.5 Å². The number of nitrogens with zero attached hydrogens (tertiary/aromatic N) is 5. The minimum atomic E-state index is -0.454. The summed E-state index contributed by atoms with van der Waals surface area (Å²) in [4.78, 5) is 23.0. The van der Waals surface area contributed by atoms with Gasteiger partial charge < -0.3 is 4.74 Å². The number of thioether (sulfide) groups is 1. The average Bonchev–Trinajstić information content (AvgIpc) is 3.36. The number of para-hydroxylation sites is 1. The number of amides is 1. The summed E-state index contributed by atoms with van der Waals surface area (Å²) in [5, 5.41) is 24.2. The summed E-state index contributed by atoms with van der Waals surface area (Å²) in [7, 11) is 1.61. The van der Waals surface area contributed by atoms with Gasteiger partial charge in [-0.05, 0) is 49.4 Å². The number of hydrogen-bond acceptors (Lipinski definition) is 8. The van der Waals surface area contributed by atoms with Crippen molar-refractivity contribution in [1.82, 2.24) is 20.2 Å². The second kappa shape index (κ2) is 12.5. The van der Waals surface area contributed by atoms with Crippen LogP contribution in [0.15, 0.2) is 89.1 Å². The first-order valence-electron chi connectivity index (χ1n) is 11.5. The van der Waals surface area contributed by atoms with E-state index in [1.807, 2.05) is 60.0 Å². The molecular formula is C27H24N6O4S. The standard InChI is InChI=1S/C27H24N6O4S/c1-19-9-11-21(12-10-19)26-30-31-27(32(26)22-13-15-23(37-2)16-14-22)38-18-25(34)29-28-17-5-7-20-6-3-4-8-24(20)33(35)36/h3-17H,18H2,1-2H3,(H,29,34). The Hall–Kier alpha value is -4.77. The predicted octanol–water partition coefficient (Wildman–Crippen LogP) is 5.07. The highest BCUT2D eigenvalue weighted by Crippen LogP contribution is 2.29. The van der Waals surface area contributed by atoms with Crippen LogP contribution in [-0.2, 0) is 4.79 Å². The molecule has 0 aliphatic rings. The zero-order valence-electron chi connectivity index (χ0n) is 20.6. The number of benzene rings is 3. The number of hydrazone groups is 1. The van der Waals surface area contributed by atoms with Gasteiger partial charge in [-0.2, -0.15) is 5.10 Å². The molecule has 0 radical (unpaired) electrons. The summed E-state index contributed by atoms with van der Waals surface area (Å²) in [5.41, 5.74) is 5.73. The molecule has 0 fully saturated rings. The third-order valence-electron chi connectivity index (χ3n) is 5.37. The number of aromatic nitrogens is 3. The van der Waals surface area contributed by atoms with E-state index >= 15 is 0 Å². The van der Waals surface area contributed by atoms with E-state index in [0.717, 1.165) is 22.6 Å². The lowest BCUT2D eigenvalue weighted by atomic mass is 10.1. The summed E-state index contributed by atoms with van der Waals surface area (Å²) in [6.45, 7) is 2.02. The molecule has 1 aromatic heterocycles. The maximum absolute atomic E-state index is 12.4. The van der Waals surface area contributed by atoms with Gasteiger partial charge in [-0.1, -0.05) is 53.7 Å². The minimum absolute atomic E-state index is 0.0106. The quantitative estimate of drug-likeness (QED) is 0.132. The molecule has 11 heteroatoms. The summed E-state index contributed by atoms with van der Waals surface area (Å²) < 4.78 is 7.16. The fourth-order valence-electron chi connectivity index (χ4n) is 3.47. The molecule has 0 aliphatic carbocycles. The number of aryl methyl sites for hydroxylation is 1. The van der Waals surface area contributed by atoms with Gasteiger partial charge >= 0.3 is 0 Å². The predicted molar refractivity (Wildman–Crippen MR) is 148 cm³/mol. The van der Waals surface area contributed by atoms with E-state index in [4.69, 9.17) is 4.74 Å². The molecule has 0 aliphatic heterocycles. The van der Waals surface area contributed by atoms with Crippen LogP contribution in [0.4, 0.5) is 5.69 Å². The molecule has 0 atom stereocenters. The Bertz CT molecular complexity index is 1480. The molecule has 3 aromatic carbocycles. The third-order valence-corrected chi connectivity index (χ3v) is 6.29. The van der Waals surface area contributed by atoms with Crippen molar-refractivity contribution in [3.05, 3.63) is 100 Å². The molecule has 0 saturated heterocycles. The van der Waals surface area contributed by atoms with Crippen LogP contribution >= 0.6 is 11.8 Å². The van der Waals surface area contributed by atoms with Crippen LogP contribution in [0, 0.1) is 17.0 Å². The molecule has 1 heterocycles. The van der Waals surface area contributed by atoms with Gasteiger partial charge in [-0.25, -0.2) is 5.43 Å². The van der Waals surface area contributed by atoms with Crippen molar-refractivity contribution < 1.29 is 14.5 Å². The molecule has 4 aromatic rings. The van der Waals surface area contributed by atoms with E-state index in [2.05, 4.69) is 20.7 Å². The van der Waals surface area contributed by atoms with Crippen molar-refractivity contribution in [2.24, 2.45) is 5.10 Å². The second-order valence-corrected chi connectivity index (χ2v) is 8.93. The van der Waals surface area contributed by atoms with Crippen molar-refractivity contribution in [2.75, 3.05) is 12.9 Å². The Morgan fingerprint density at radius 2 is 1.84 bits per heavy atom. The first-order chi connectivity index (χ1) is 18.5. The molecule has 1 amide bonds. The van der Waals surface area contributed by atoms with Crippen molar-refractivity contribution in [3.63, 3.8) is 0 Å². The van der Waals surface area contributed by atoms with Crippen molar-refractivity contribution >= 4 is 35.6 Å². The summed E-state index contributed by atoms with van der Waals surface area (Å²) in [6.07, 6.45) is 4.42. The molecule has 0 bridgehead atoms. The fourth-order valence-corrected chi connectivity index (χ4v) is 4.22. The number of methoxy groups -OCH3 is 1. The van der Waals surface area contributed by atoms with Gasteiger partial charge in [-0.15, -0.1) is 10.2 Å². The van der Waals surface area contributed by atoms with E-state index in [9.17, 15) is 14.9 Å². The first-order valence-corrected chi connectivity index (χ1v) is 12.5. The van der Waals surface area contributed by atoms with Crippen LogP contribution in [-0.4, -0.2) is 44.7 Å². The highest BCUT2D eigenvalue weighted by molar-refractivity contribution is 7.99. The van der Waals surface area contributed by atoms with E-state index in [1.165, 1.54) is 30.1 Å². The first kappa shape index (κ1) is 26.3. The molecular weight excluding hydrogens is 504 g/mol. The lowest BCUT2D eigenvalue weighted by Gasteiger charge is -2.11. The van der Waals surface area contributed by atoms with Crippen LogP contribution in [0.25, 0.3) is 23.2 Å². The van der Waals surface area contributed by atoms with Gasteiger partial charge in [0, 0.05) is 23.5 Å². The van der Waals surface area contributed by atoms with Crippen LogP contribution < -0.4 is 10.2 Å². The maximum Gasteiger partial charge on any atom is 0.276 e. The topological polar surface area (TPSA) is 125 Å². The molecule has 4 rings (SSSR count). The Morgan fingerprint density at radius 1 is 1.11 bits per heavy atom. The van der Waals surface area contributed by atoms with Gasteiger partial charge in [0.05, 0.1) is 23.3 Å². The molecule has 0 spiro atoms. The third kappa shape index (κ3) is 6.51. The lowest BCUT2D eigenvalue weighted by Crippen LogP contribution is -2.19. The number of allylic oxidation sites excluding steroid dienone is 1. The SMILES string of the molecule is COc1ccc(-n2c(SCC(=O)NN=CC=Cc3ccccc3[N+](=O)[O-])nnc2-c2ccc(C)cc2)cc1. The summed E-state index contributed by atoms with van der Waals surface area (Å²) in [5.74, 6) is 1.08. The van der Waals surface area contributed by atoms with E-state index < -0.39 is 4.92 Å². The molecule has 192 valence electrons. The highest BCUT2D eigenvalue weighted by atomic mass is 32.2. The number of nitro groups is 1. The minimum Gasteiger partial charge on any atom is -0.497 e. The van der Waals surface area contributed by atoms with Crippen molar-refractivity contribution in [2.45, 2.75) is 12.1 Å². The van der Waals surface area contributed by atoms with E-state index in [1.54, 1.807) is 31.4 Å². The van der Waals surface area contributed by atoms with Crippen molar-refractivity contribution in [3.8, 4) is 22.8 Å². The largest absolute Gasteiger partial charge is 0.497 e. The molecule has 0 unspecified atom stereocenters. The highest BCUT2D eigenvalue weighted by Gasteiger charge is 2.17. The smallest absolute Gasteiger partial charge is 0.276 e. The van der Waals surface area contributed by atoms with Gasteiger partial charge in [0.25, 0.3) is 11.6 Å². The molecule has 1 N–H and O–H groups in total. The molecule has 0 saturated carbocycles. The number of nitrogens with one attached hydrogen (secondary N) is 1. The Morgan fingerprint density at radius 3 is 2.55 bits per heavy atom. The number of nitro benzene ring substituents is 1. The zero-order valence-corrected chi connectivity index (χ0v) is 21.5. The van der Waals surface area contributed by atoms with Crippen LogP contribution in [0.2, 0.25) is 0 Å². The Balaban J connectivity index is 1.45. The van der Waals surface area contributed by atoms with Gasteiger partial charge in [0.2, 0.25) is 0 Å². The lowest BCUT2D eigenvalue weighted by molar-refractivity contribution is -0.385. The Kier molecular flexibility index (Phi) is 8.62. The number of carbonyl (C=O) groups excluding carboxylic acids is 1. The maximum atomic E-state index is 12.4. The fraction of sp³-hybridized carbons (Fsp3) is 0.111. The van der Waals surface area contributed by atoms with Gasteiger partial charge in [0.1, 0.15) is 5.75 Å². The van der Waals surface area contributed by atoms with E-state index in [0.29, 0.717) is 16.5 Å². The van der Waals surface area contributed by atoms with Crippen LogP contribution in [0.1, 0.15) is 11.1 Å². The Labute approximate surface area is 223 Å². The van der Waals surface area contributed by atoms with E-state index in [-0.39, 0.29) is 17.3 Å². The van der Waals surface area contributed by atoms with Crippen LogP contribution in [0.5, 0.6) is 5.75 Å². The number of ether oxygens (including phenoxy) is 1.